The van der Waals surface area contributed by atoms with Crippen LogP contribution in [0.2, 0.25) is 0 Å². The van der Waals surface area contributed by atoms with E-state index in [1.807, 2.05) is 27.7 Å². The Labute approximate surface area is 192 Å². The number of aliphatic hydroxyl groups is 2. The first-order valence-corrected chi connectivity index (χ1v) is 12.4. The van der Waals surface area contributed by atoms with Gasteiger partial charge in [0.05, 0.1) is 23.9 Å². The van der Waals surface area contributed by atoms with Crippen LogP contribution >= 0.6 is 11.3 Å². The molecule has 32 heavy (non-hydrogen) atoms. The summed E-state index contributed by atoms with van der Waals surface area (Å²) in [6, 6.07) is 4.67. The van der Waals surface area contributed by atoms with Crippen LogP contribution in [0.5, 0.6) is 0 Å². The third kappa shape index (κ3) is 5.63. The molecular weight excluding hydrogens is 450 g/mol. The zero-order valence-corrected chi connectivity index (χ0v) is 20.6. The van der Waals surface area contributed by atoms with E-state index >= 15 is 0 Å². The maximum Gasteiger partial charge on any atom is 0.331 e. The number of carbonyl (C=O) groups is 1. The van der Waals surface area contributed by atoms with Crippen LogP contribution in [0.25, 0.3) is 0 Å². The van der Waals surface area contributed by atoms with Crippen LogP contribution in [0.15, 0.2) is 16.3 Å². The molecule has 0 fully saturated rings. The van der Waals surface area contributed by atoms with Gasteiger partial charge in [0.1, 0.15) is 14.8 Å². The van der Waals surface area contributed by atoms with Gasteiger partial charge in [0.15, 0.2) is 9.92 Å². The Balaban J connectivity index is 2.43. The Hall–Kier alpha value is -2.52. The van der Waals surface area contributed by atoms with Crippen molar-refractivity contribution in [3.8, 4) is 6.07 Å². The van der Waals surface area contributed by atoms with E-state index in [1.54, 1.807) is 12.1 Å². The number of anilines is 1. The van der Waals surface area contributed by atoms with Crippen LogP contribution in [0.1, 0.15) is 80.8 Å². The van der Waals surface area contributed by atoms with Crippen molar-refractivity contribution in [3.63, 3.8) is 0 Å². The second-order valence-electron chi connectivity index (χ2n) is 8.53. The Morgan fingerprint density at radius 2 is 1.81 bits per heavy atom. The lowest BCUT2D eigenvalue weighted by Crippen LogP contribution is -2.34. The number of amides is 2. The summed E-state index contributed by atoms with van der Waals surface area (Å²) in [6.45, 7) is 10.1. The largest absolute Gasteiger partial charge is 0.390 e. The van der Waals surface area contributed by atoms with Crippen molar-refractivity contribution in [1.29, 1.82) is 10.0 Å². The molecule has 1 heterocycles. The lowest BCUT2D eigenvalue weighted by Gasteiger charge is -2.21. The molecule has 1 aromatic heterocycles. The molecule has 0 aliphatic carbocycles. The summed E-state index contributed by atoms with van der Waals surface area (Å²) in [6.07, 6.45) is 0. The van der Waals surface area contributed by atoms with Crippen LogP contribution in [0.3, 0.4) is 0 Å². The molecule has 0 spiro atoms. The van der Waals surface area contributed by atoms with Gasteiger partial charge in [-0.3, -0.25) is 0 Å². The first kappa shape index (κ1) is 25.7. The number of nitriles is 1. The van der Waals surface area contributed by atoms with Crippen LogP contribution < -0.4 is 10.0 Å². The normalized spacial score (nSPS) is 13.7. The first-order valence-electron chi connectivity index (χ1n) is 10.00. The highest BCUT2D eigenvalue weighted by atomic mass is 32.2. The fourth-order valence-corrected chi connectivity index (χ4v) is 5.53. The SMILES string of the molecule is CC(C)c1cc(C#N)cc(C(C)C)c1NC(=O)N[S@](=N)(=O)c1sc(C(C)(C)O)nc1CO. The number of benzene rings is 1. The molecule has 0 aliphatic heterocycles. The predicted octanol–water partition coefficient (Wildman–Crippen LogP) is 4.12. The summed E-state index contributed by atoms with van der Waals surface area (Å²) in [5.41, 5.74) is 1.09. The molecule has 0 saturated heterocycles. The van der Waals surface area contributed by atoms with E-state index in [9.17, 15) is 24.5 Å². The minimum Gasteiger partial charge on any atom is -0.390 e. The Kier molecular flexibility index (Phi) is 7.67. The van der Waals surface area contributed by atoms with Crippen molar-refractivity contribution < 1.29 is 19.2 Å². The summed E-state index contributed by atoms with van der Waals surface area (Å²) < 4.78 is 23.4. The molecule has 5 N–H and O–H groups in total. The molecule has 0 aliphatic rings. The average Bonchev–Trinajstić information content (AvgIpc) is 3.13. The van der Waals surface area contributed by atoms with Gasteiger partial charge >= 0.3 is 6.03 Å². The molecule has 1 aromatic carbocycles. The number of thiazole rings is 1. The predicted molar refractivity (Wildman–Crippen MR) is 124 cm³/mol. The molecule has 2 amide bonds. The molecule has 0 radical (unpaired) electrons. The van der Waals surface area contributed by atoms with Gasteiger partial charge in [-0.2, -0.15) is 5.26 Å². The number of urea groups is 1. The van der Waals surface area contributed by atoms with Gasteiger partial charge in [0.25, 0.3) is 0 Å². The number of aliphatic hydroxyl groups excluding tert-OH is 1. The standard InChI is InChI=1S/C21H29N5O4S2/c1-11(2)14-7-13(9-22)8-15(12(3)4)17(14)25-20(28)26-32(23,30)18-16(10-27)24-19(31-18)21(5,6)29/h7-8,11-12,27,29H,10H2,1-6H3,(H3,23,25,26,28,30)/t32-/m0/s1. The molecular formula is C21H29N5O4S2. The van der Waals surface area contributed by atoms with Gasteiger partial charge < -0.3 is 15.5 Å². The maximum absolute atomic E-state index is 13.1. The molecule has 0 bridgehead atoms. The van der Waals surface area contributed by atoms with E-state index in [1.165, 1.54) is 13.8 Å². The summed E-state index contributed by atoms with van der Waals surface area (Å²) in [7, 11) is -3.87. The Bertz CT molecular complexity index is 1130. The number of aromatic nitrogens is 1. The van der Waals surface area contributed by atoms with E-state index in [0.717, 1.165) is 22.5 Å². The zero-order valence-electron chi connectivity index (χ0n) is 18.9. The quantitative estimate of drug-likeness (QED) is 0.401. The fourth-order valence-electron chi connectivity index (χ4n) is 3.05. The van der Waals surface area contributed by atoms with Crippen LogP contribution in [0.4, 0.5) is 10.5 Å². The van der Waals surface area contributed by atoms with Crippen molar-refractivity contribution in [3.05, 3.63) is 39.5 Å². The average molecular weight is 480 g/mol. The molecule has 2 rings (SSSR count). The molecule has 11 heteroatoms. The van der Waals surface area contributed by atoms with Gasteiger partial charge in [-0.05, 0) is 48.9 Å². The fraction of sp³-hybridized carbons (Fsp3) is 0.476. The molecule has 174 valence electrons. The summed E-state index contributed by atoms with van der Waals surface area (Å²) in [5.74, 6) is -0.0124. The van der Waals surface area contributed by atoms with Gasteiger partial charge in [-0.1, -0.05) is 27.7 Å². The van der Waals surface area contributed by atoms with E-state index < -0.39 is 28.2 Å². The van der Waals surface area contributed by atoms with Crippen LogP contribution in [-0.2, 0) is 22.1 Å². The highest BCUT2D eigenvalue weighted by molar-refractivity contribution is 7.93. The second kappa shape index (κ2) is 9.54. The smallest absolute Gasteiger partial charge is 0.331 e. The monoisotopic (exact) mass is 479 g/mol. The second-order valence-corrected chi connectivity index (χ2v) is 11.5. The Morgan fingerprint density at radius 1 is 1.28 bits per heavy atom. The van der Waals surface area contributed by atoms with Gasteiger partial charge in [-0.15, -0.1) is 11.3 Å². The minimum absolute atomic E-state index is 0.00621. The van der Waals surface area contributed by atoms with Crippen molar-refractivity contribution in [1.82, 2.24) is 9.71 Å². The molecule has 9 nitrogen and oxygen atoms in total. The molecule has 0 unspecified atom stereocenters. The van der Waals surface area contributed by atoms with E-state index in [-0.39, 0.29) is 26.7 Å². The minimum atomic E-state index is -3.87. The highest BCUT2D eigenvalue weighted by Gasteiger charge is 2.29. The number of carbonyl (C=O) groups excluding carboxylic acids is 1. The number of nitrogens with zero attached hydrogens (tertiary/aromatic N) is 2. The maximum atomic E-state index is 13.1. The number of rotatable bonds is 7. The van der Waals surface area contributed by atoms with Gasteiger partial charge in [0, 0.05) is 5.69 Å². The van der Waals surface area contributed by atoms with Crippen molar-refractivity contribution >= 4 is 33.0 Å². The van der Waals surface area contributed by atoms with E-state index in [2.05, 4.69) is 21.1 Å². The zero-order chi connectivity index (χ0) is 24.4. The van der Waals surface area contributed by atoms with Gasteiger partial charge in [-0.25, -0.2) is 23.5 Å². The lowest BCUT2D eigenvalue weighted by molar-refractivity contribution is 0.0779. The van der Waals surface area contributed by atoms with Crippen LogP contribution in [-0.4, -0.2) is 25.4 Å². The molecule has 2 aromatic rings. The Morgan fingerprint density at radius 3 is 2.22 bits per heavy atom. The first-order chi connectivity index (χ1) is 14.7. The van der Waals surface area contributed by atoms with Crippen molar-refractivity contribution in [2.24, 2.45) is 0 Å². The third-order valence-corrected chi connectivity index (χ3v) is 8.03. The summed E-state index contributed by atoms with van der Waals surface area (Å²) >= 11 is 0.805. The van der Waals surface area contributed by atoms with Crippen molar-refractivity contribution in [2.75, 3.05) is 5.32 Å². The number of hydrogen-bond donors (Lipinski definition) is 5. The third-order valence-electron chi connectivity index (χ3n) is 4.64. The highest BCUT2D eigenvalue weighted by Crippen LogP contribution is 2.34. The topological polar surface area (TPSA) is 159 Å². The molecule has 1 atom stereocenters. The summed E-state index contributed by atoms with van der Waals surface area (Å²) in [5, 5.41) is 32.0. The molecule has 0 saturated carbocycles. The van der Waals surface area contributed by atoms with Gasteiger partial charge in [0.2, 0.25) is 0 Å². The van der Waals surface area contributed by atoms with E-state index in [0.29, 0.717) is 11.3 Å². The van der Waals surface area contributed by atoms with E-state index in [4.69, 9.17) is 4.78 Å². The number of hydrogen-bond acceptors (Lipinski definition) is 8. The van der Waals surface area contributed by atoms with Crippen LogP contribution in [0, 0.1) is 16.1 Å². The number of nitrogens with one attached hydrogen (secondary N) is 3. The van der Waals surface area contributed by atoms with Crippen molar-refractivity contribution in [2.45, 2.75) is 69.8 Å². The lowest BCUT2D eigenvalue weighted by atomic mass is 9.90. The summed E-state index contributed by atoms with van der Waals surface area (Å²) in [4.78, 5) is 16.9.